The quantitative estimate of drug-likeness (QED) is 0.330. The van der Waals surface area contributed by atoms with E-state index < -0.39 is 5.97 Å². The monoisotopic (exact) mass is 447 g/mol. The molecule has 0 saturated carbocycles. The third kappa shape index (κ3) is 5.27. The number of anilines is 2. The van der Waals surface area contributed by atoms with E-state index in [9.17, 15) is 10.1 Å². The van der Waals surface area contributed by atoms with Gasteiger partial charge in [0.1, 0.15) is 17.4 Å². The Bertz CT molecular complexity index is 1240. The number of carbonyl (C=O) groups excluding carboxylic acids is 1. The van der Waals surface area contributed by atoms with Crippen LogP contribution in [0.2, 0.25) is 0 Å². The van der Waals surface area contributed by atoms with Crippen molar-refractivity contribution < 1.29 is 14.3 Å². The summed E-state index contributed by atoms with van der Waals surface area (Å²) < 4.78 is 12.5. The van der Waals surface area contributed by atoms with Gasteiger partial charge < -0.3 is 24.7 Å². The largest absolute Gasteiger partial charge is 0.497 e. The minimum Gasteiger partial charge on any atom is -0.497 e. The summed E-state index contributed by atoms with van der Waals surface area (Å²) in [6.45, 7) is 3.63. The van der Waals surface area contributed by atoms with Crippen LogP contribution in [0.3, 0.4) is 0 Å². The zero-order chi connectivity index (χ0) is 24.1. The molecule has 33 heavy (non-hydrogen) atoms. The maximum absolute atomic E-state index is 12.6. The summed E-state index contributed by atoms with van der Waals surface area (Å²) in [7, 11) is 5.12. The Morgan fingerprint density at radius 3 is 2.52 bits per heavy atom. The van der Waals surface area contributed by atoms with Crippen LogP contribution in [0, 0.1) is 25.2 Å². The summed E-state index contributed by atoms with van der Waals surface area (Å²) in [4.78, 5) is 26.3. The normalized spacial score (nSPS) is 11.1. The minimum absolute atomic E-state index is 0.0155. The molecule has 0 unspecified atom stereocenters. The highest BCUT2D eigenvalue weighted by atomic mass is 16.5. The molecule has 2 aromatic heterocycles. The van der Waals surface area contributed by atoms with E-state index >= 15 is 0 Å². The summed E-state index contributed by atoms with van der Waals surface area (Å²) in [5.74, 6) is 0.525. The average Bonchev–Trinajstić information content (AvgIpc) is 3.08. The summed E-state index contributed by atoms with van der Waals surface area (Å²) in [5, 5.41) is 9.55. The molecule has 2 heterocycles. The Morgan fingerprint density at radius 1 is 1.21 bits per heavy atom. The topological polar surface area (TPSA) is 132 Å². The van der Waals surface area contributed by atoms with Crippen molar-refractivity contribution in [3.63, 3.8) is 0 Å². The lowest BCUT2D eigenvalue weighted by Crippen LogP contribution is -2.17. The van der Waals surface area contributed by atoms with E-state index in [1.54, 1.807) is 26.1 Å². The number of nitrogens with zero attached hydrogens (tertiary/aromatic N) is 6. The molecule has 0 fully saturated rings. The Hall–Kier alpha value is -4.39. The second-order valence-electron chi connectivity index (χ2n) is 7.41. The summed E-state index contributed by atoms with van der Waals surface area (Å²) in [5.41, 5.74) is 9.05. The van der Waals surface area contributed by atoms with Crippen molar-refractivity contribution in [1.82, 2.24) is 19.5 Å². The van der Waals surface area contributed by atoms with Crippen LogP contribution in [0.4, 0.5) is 11.9 Å². The molecule has 0 radical (unpaired) electrons. The molecule has 0 aliphatic rings. The van der Waals surface area contributed by atoms with E-state index in [0.717, 1.165) is 28.4 Å². The number of rotatable bonds is 7. The smallest absolute Gasteiger partial charge is 0.349 e. The van der Waals surface area contributed by atoms with Gasteiger partial charge in [-0.3, -0.25) is 0 Å². The lowest BCUT2D eigenvalue weighted by molar-refractivity contribution is -0.139. The molecule has 10 nitrogen and oxygen atoms in total. The van der Waals surface area contributed by atoms with Crippen molar-refractivity contribution in [3.8, 4) is 17.5 Å². The van der Waals surface area contributed by atoms with Crippen molar-refractivity contribution >= 4 is 23.9 Å². The van der Waals surface area contributed by atoms with Crippen molar-refractivity contribution in [1.29, 1.82) is 5.26 Å². The summed E-state index contributed by atoms with van der Waals surface area (Å²) >= 11 is 0. The Kier molecular flexibility index (Phi) is 6.93. The Morgan fingerprint density at radius 2 is 1.91 bits per heavy atom. The molecule has 0 amide bonds. The molecule has 0 aliphatic heterocycles. The van der Waals surface area contributed by atoms with Gasteiger partial charge in [-0.25, -0.2) is 4.79 Å². The van der Waals surface area contributed by atoms with E-state index in [-0.39, 0.29) is 24.0 Å². The summed E-state index contributed by atoms with van der Waals surface area (Å²) in [6, 6.07) is 11.4. The predicted molar refractivity (Wildman–Crippen MR) is 124 cm³/mol. The Labute approximate surface area is 191 Å². The van der Waals surface area contributed by atoms with Crippen molar-refractivity contribution in [2.45, 2.75) is 20.5 Å². The molecule has 10 heteroatoms. The predicted octanol–water partition coefficient (Wildman–Crippen LogP) is 2.59. The van der Waals surface area contributed by atoms with Gasteiger partial charge in [0.2, 0.25) is 11.9 Å². The van der Waals surface area contributed by atoms with Crippen LogP contribution in [0.5, 0.6) is 5.75 Å². The molecule has 170 valence electrons. The number of nitrogens with two attached hydrogens (primary N) is 1. The second-order valence-corrected chi connectivity index (χ2v) is 7.41. The van der Waals surface area contributed by atoms with Gasteiger partial charge in [-0.1, -0.05) is 0 Å². The first-order chi connectivity index (χ1) is 15.7. The SMILES string of the molecule is COc1ccc(-n2c(C)cc(C=C(C#N)C(=O)OCc3nc(N)nc(N(C)C)n3)c2C)cc1. The highest BCUT2D eigenvalue weighted by Gasteiger charge is 2.16. The van der Waals surface area contributed by atoms with Gasteiger partial charge in [-0.15, -0.1) is 0 Å². The molecule has 0 spiro atoms. The molecular formula is C23H25N7O3. The first-order valence-electron chi connectivity index (χ1n) is 10.0. The summed E-state index contributed by atoms with van der Waals surface area (Å²) in [6.07, 6.45) is 1.51. The first-order valence-corrected chi connectivity index (χ1v) is 10.0. The molecule has 3 rings (SSSR count). The van der Waals surface area contributed by atoms with Crippen LogP contribution >= 0.6 is 0 Å². The first kappa shape index (κ1) is 23.3. The number of hydrogen-bond acceptors (Lipinski definition) is 9. The van der Waals surface area contributed by atoms with E-state index in [1.165, 1.54) is 6.08 Å². The number of aryl methyl sites for hydroxylation is 1. The number of aromatic nitrogens is 4. The van der Waals surface area contributed by atoms with E-state index in [4.69, 9.17) is 15.2 Å². The van der Waals surface area contributed by atoms with Crippen molar-refractivity contribution in [2.24, 2.45) is 0 Å². The lowest BCUT2D eigenvalue weighted by Gasteiger charge is -2.11. The van der Waals surface area contributed by atoms with Crippen LogP contribution < -0.4 is 15.4 Å². The van der Waals surface area contributed by atoms with Gasteiger partial charge in [0.25, 0.3) is 0 Å². The standard InChI is InChI=1S/C23H25N7O3/c1-14-10-16(15(2)30(14)18-6-8-19(32-5)9-7-18)11-17(12-24)21(31)33-13-20-26-22(25)28-23(27-20)29(3)4/h6-11H,13H2,1-5H3,(H2,25,26,27,28). The molecule has 0 atom stereocenters. The Balaban J connectivity index is 1.82. The van der Waals surface area contributed by atoms with E-state index in [2.05, 4.69) is 15.0 Å². The van der Waals surface area contributed by atoms with Gasteiger partial charge in [-0.05, 0) is 55.8 Å². The van der Waals surface area contributed by atoms with Crippen LogP contribution in [-0.4, -0.2) is 46.7 Å². The zero-order valence-corrected chi connectivity index (χ0v) is 19.2. The number of nitrogen functional groups attached to an aromatic ring is 1. The number of hydrogen-bond donors (Lipinski definition) is 1. The third-order valence-electron chi connectivity index (χ3n) is 4.86. The fraction of sp³-hybridized carbons (Fsp3) is 0.261. The maximum atomic E-state index is 12.6. The molecule has 0 bridgehead atoms. The third-order valence-corrected chi connectivity index (χ3v) is 4.86. The van der Waals surface area contributed by atoms with E-state index in [1.807, 2.05) is 54.8 Å². The number of esters is 1. The number of carbonyl (C=O) groups is 1. The fourth-order valence-corrected chi connectivity index (χ4v) is 3.25. The lowest BCUT2D eigenvalue weighted by atomic mass is 10.1. The van der Waals surface area contributed by atoms with Crippen LogP contribution in [0.1, 0.15) is 22.8 Å². The molecule has 2 N–H and O–H groups in total. The fourth-order valence-electron chi connectivity index (χ4n) is 3.25. The second kappa shape index (κ2) is 9.82. The van der Waals surface area contributed by atoms with Crippen LogP contribution in [0.25, 0.3) is 11.8 Å². The minimum atomic E-state index is -0.780. The highest BCUT2D eigenvalue weighted by Crippen LogP contribution is 2.24. The van der Waals surface area contributed by atoms with Gasteiger partial charge in [0, 0.05) is 31.2 Å². The van der Waals surface area contributed by atoms with Crippen molar-refractivity contribution in [2.75, 3.05) is 31.8 Å². The number of benzene rings is 1. The molecule has 0 saturated heterocycles. The van der Waals surface area contributed by atoms with Crippen LogP contribution in [-0.2, 0) is 16.1 Å². The number of ether oxygens (including phenoxy) is 2. The van der Waals surface area contributed by atoms with E-state index in [0.29, 0.717) is 5.95 Å². The van der Waals surface area contributed by atoms with Gasteiger partial charge >= 0.3 is 5.97 Å². The number of methoxy groups -OCH3 is 1. The van der Waals surface area contributed by atoms with Gasteiger partial charge in [-0.2, -0.15) is 20.2 Å². The molecular weight excluding hydrogens is 422 g/mol. The van der Waals surface area contributed by atoms with Crippen molar-refractivity contribution in [3.05, 3.63) is 58.7 Å². The molecule has 0 aliphatic carbocycles. The molecule has 1 aromatic carbocycles. The van der Waals surface area contributed by atoms with Gasteiger partial charge in [0.05, 0.1) is 7.11 Å². The zero-order valence-electron chi connectivity index (χ0n) is 19.2. The van der Waals surface area contributed by atoms with Crippen LogP contribution in [0.15, 0.2) is 35.9 Å². The highest BCUT2D eigenvalue weighted by molar-refractivity contribution is 5.98. The van der Waals surface area contributed by atoms with Gasteiger partial charge in [0.15, 0.2) is 12.4 Å². The average molecular weight is 447 g/mol. The number of nitriles is 1. The molecule has 3 aromatic rings. The maximum Gasteiger partial charge on any atom is 0.349 e.